The first-order valence-corrected chi connectivity index (χ1v) is 19.5. The van der Waals surface area contributed by atoms with Crippen LogP contribution in [0.4, 0.5) is 0 Å². The Balaban J connectivity index is 0.000000523. The summed E-state index contributed by atoms with van der Waals surface area (Å²) in [5.74, 6) is 0. The van der Waals surface area contributed by atoms with Gasteiger partial charge < -0.3 is 35.8 Å². The number of sulfonamides is 2. The molecule has 2 N–H and O–H groups in total. The fourth-order valence-electron chi connectivity index (χ4n) is 5.46. The summed E-state index contributed by atoms with van der Waals surface area (Å²) in [5, 5.41) is 0. The average molecular weight is 962 g/mol. The molecule has 4 atom stereocenters. The second-order valence-corrected chi connectivity index (χ2v) is 15.5. The molecule has 8 nitrogen and oxygen atoms in total. The van der Waals surface area contributed by atoms with E-state index >= 15 is 0 Å². The van der Waals surface area contributed by atoms with E-state index < -0.39 is 44.2 Å². The number of hydrogen-bond donors (Lipinski definition) is 0. The van der Waals surface area contributed by atoms with Crippen molar-refractivity contribution in [1.29, 1.82) is 0 Å². The van der Waals surface area contributed by atoms with Gasteiger partial charge in [0.05, 0.1) is 0 Å². The number of benzene rings is 6. The molecule has 4 unspecified atom stereocenters. The maximum atomic E-state index is 12.8. The zero-order valence-electron chi connectivity index (χ0n) is 31.6. The monoisotopic (exact) mass is 963 g/mol. The zero-order valence-corrected chi connectivity index (χ0v) is 36.8. The molecule has 0 aliphatic rings. The van der Waals surface area contributed by atoms with Gasteiger partial charge in [0.1, 0.15) is 20.0 Å². The second-order valence-electron chi connectivity index (χ2n) is 12.3. The molecule has 0 aliphatic carbocycles. The fraction of sp³-hybridized carbons (Fsp3) is 0.136. The van der Waals surface area contributed by atoms with Crippen molar-refractivity contribution in [2.24, 2.45) is 0 Å². The molecule has 12 heteroatoms. The summed E-state index contributed by atoms with van der Waals surface area (Å²) < 4.78 is 59.5. The van der Waals surface area contributed by atoms with Gasteiger partial charge in [-0.05, 0) is 38.1 Å². The molecule has 0 heterocycles. The molecule has 0 spiro atoms. The Labute approximate surface area is 360 Å². The number of nitrogens with zero attached hydrogens (tertiary/aromatic N) is 2. The van der Waals surface area contributed by atoms with E-state index in [1.54, 1.807) is 48.5 Å². The molecule has 6 rings (SSSR count). The van der Waals surface area contributed by atoms with Gasteiger partial charge >= 0.3 is 39.0 Å². The van der Waals surface area contributed by atoms with Crippen molar-refractivity contribution < 1.29 is 55.8 Å². The average Bonchev–Trinajstić information content (AvgIpc) is 3.17. The Hall–Kier alpha value is -3.69. The summed E-state index contributed by atoms with van der Waals surface area (Å²) in [5.41, 5.74) is 22.1. The Morgan fingerprint density at radius 1 is 0.411 bits per heavy atom. The number of nitrogens with one attached hydrogen (secondary N) is 2. The maximum absolute atomic E-state index is 12.8. The van der Waals surface area contributed by atoms with Gasteiger partial charge in [-0.15, -0.1) is 24.2 Å². The Morgan fingerprint density at radius 3 is 0.893 bits per heavy atom. The second kappa shape index (κ2) is 23.5. The molecule has 0 fully saturated rings. The molecule has 0 aromatic heterocycles. The number of aryl methyl sites for hydroxylation is 2. The van der Waals surface area contributed by atoms with Crippen LogP contribution in [0.25, 0.3) is 20.9 Å². The van der Waals surface area contributed by atoms with Gasteiger partial charge in [0.2, 0.25) is 0 Å². The zero-order chi connectivity index (χ0) is 37.1. The van der Waals surface area contributed by atoms with Crippen molar-refractivity contribution in [3.05, 3.63) is 239 Å². The van der Waals surface area contributed by atoms with Crippen LogP contribution in [0, 0.1) is 28.7 Å². The van der Waals surface area contributed by atoms with Crippen LogP contribution in [-0.4, -0.2) is 16.8 Å². The molecule has 0 aliphatic heterocycles. The summed E-state index contributed by atoms with van der Waals surface area (Å²) >= 11 is 0. The first kappa shape index (κ1) is 50.3. The van der Waals surface area contributed by atoms with Crippen LogP contribution in [0.1, 0.15) is 57.5 Å². The van der Waals surface area contributed by atoms with Crippen LogP contribution in [0.2, 0.25) is 0 Å². The summed E-state index contributed by atoms with van der Waals surface area (Å²) in [6, 6.07) is 46.6. The molecule has 56 heavy (non-hydrogen) atoms. The minimum atomic E-state index is -3.87. The van der Waals surface area contributed by atoms with Gasteiger partial charge in [-0.3, -0.25) is 0 Å². The van der Waals surface area contributed by atoms with E-state index in [1.165, 1.54) is 0 Å². The molecule has 6 aromatic rings. The molecule has 0 saturated heterocycles. The third-order valence-electron chi connectivity index (χ3n) is 8.37. The van der Waals surface area contributed by atoms with Crippen molar-refractivity contribution in [3.8, 4) is 0 Å². The van der Waals surface area contributed by atoms with E-state index in [-0.39, 0.29) is 63.6 Å². The summed E-state index contributed by atoms with van der Waals surface area (Å²) in [7, 11) is -7.74. The molecule has 0 amide bonds. The van der Waals surface area contributed by atoms with Crippen LogP contribution in [0.15, 0.2) is 180 Å². The first-order chi connectivity index (χ1) is 24.9. The van der Waals surface area contributed by atoms with E-state index in [2.05, 4.69) is 9.44 Å². The SMILES string of the molecule is Cc1ccc(S(=O)(=O)[N-]C(c2ccccc2)C([NH-])c2ccccc2)cc1.Cc1ccc(S(=O)(=O)[N-]C(c2ccccc2)C([NH-])c2ccccc2)cc1.[CH3-].[CH3-].[Ru+3].[RuH+3]. The summed E-state index contributed by atoms with van der Waals surface area (Å²) in [4.78, 5) is 0.286. The van der Waals surface area contributed by atoms with E-state index in [4.69, 9.17) is 11.5 Å². The van der Waals surface area contributed by atoms with Crippen molar-refractivity contribution >= 4 is 20.0 Å². The van der Waals surface area contributed by atoms with Crippen LogP contribution in [0.3, 0.4) is 0 Å². The first-order valence-electron chi connectivity index (χ1n) is 16.6. The predicted molar refractivity (Wildman–Crippen MR) is 223 cm³/mol. The van der Waals surface area contributed by atoms with Crippen molar-refractivity contribution in [3.63, 3.8) is 0 Å². The normalized spacial score (nSPS) is 12.9. The third-order valence-corrected chi connectivity index (χ3v) is 11.1. The molecule has 0 saturated carbocycles. The van der Waals surface area contributed by atoms with Crippen molar-refractivity contribution in [1.82, 2.24) is 0 Å². The number of rotatable bonds is 12. The van der Waals surface area contributed by atoms with Crippen LogP contribution >= 0.6 is 0 Å². The Kier molecular flexibility index (Phi) is 21.1. The molecule has 0 bridgehead atoms. The molecule has 2 radical (unpaired) electrons. The molecular formula is C44H47N4O4Ru2S2. The number of hydrogen-bond acceptors (Lipinski definition) is 4. The quantitative estimate of drug-likeness (QED) is 0.0888. The van der Waals surface area contributed by atoms with E-state index in [0.29, 0.717) is 11.1 Å². The van der Waals surface area contributed by atoms with Crippen molar-refractivity contribution in [2.75, 3.05) is 0 Å². The molecular weight excluding hydrogens is 915 g/mol. The van der Waals surface area contributed by atoms with Crippen LogP contribution in [0.5, 0.6) is 0 Å². The van der Waals surface area contributed by atoms with Gasteiger partial charge in [-0.1, -0.05) is 179 Å². The minimum absolute atomic E-state index is 0. The van der Waals surface area contributed by atoms with Gasteiger partial charge in [0.15, 0.2) is 0 Å². The molecule has 6 aromatic carbocycles. The van der Waals surface area contributed by atoms with Gasteiger partial charge in [0, 0.05) is 9.79 Å². The van der Waals surface area contributed by atoms with Gasteiger partial charge in [0.25, 0.3) is 0 Å². The third kappa shape index (κ3) is 13.8. The van der Waals surface area contributed by atoms with Crippen LogP contribution < -0.4 is 0 Å². The van der Waals surface area contributed by atoms with E-state index in [9.17, 15) is 16.8 Å². The summed E-state index contributed by atoms with van der Waals surface area (Å²) in [6.07, 6.45) is 0. The van der Waals surface area contributed by atoms with E-state index in [0.717, 1.165) is 22.3 Å². The topological polar surface area (TPSA) is 144 Å². The van der Waals surface area contributed by atoms with Gasteiger partial charge in [-0.25, -0.2) is 16.8 Å². The predicted octanol–water partition coefficient (Wildman–Crippen LogP) is 11.8. The Bertz CT molecular complexity index is 2060. The standard InChI is InChI=1S/2C21H20N2O2S.2CH3.2Ru.H/c2*1-16-12-14-19(15-13-16)26(24,25)23-21(18-10-6-3-7-11-18)20(22)17-8-4-2-5-9-17;;;;;/h2*2-15,20-22H,1H3;2*1H3;;;/q2*-2;2*-1;2*+3;. The Morgan fingerprint density at radius 2 is 0.643 bits per heavy atom. The van der Waals surface area contributed by atoms with Gasteiger partial charge in [-0.2, -0.15) is 0 Å². The van der Waals surface area contributed by atoms with E-state index in [1.807, 2.05) is 135 Å². The van der Waals surface area contributed by atoms with Crippen molar-refractivity contribution in [2.45, 2.75) is 47.8 Å². The fourth-order valence-corrected chi connectivity index (χ4v) is 7.74. The summed E-state index contributed by atoms with van der Waals surface area (Å²) in [6.45, 7) is 3.80. The molecule has 295 valence electrons. The van der Waals surface area contributed by atoms with Crippen LogP contribution in [-0.2, 0) is 59.0 Å².